The van der Waals surface area contributed by atoms with E-state index in [0.29, 0.717) is 41.1 Å². The van der Waals surface area contributed by atoms with Crippen molar-refractivity contribution in [3.8, 4) is 11.3 Å². The average Bonchev–Trinajstić information content (AvgIpc) is 3.49. The van der Waals surface area contributed by atoms with Crippen LogP contribution in [0.5, 0.6) is 0 Å². The first-order valence-corrected chi connectivity index (χ1v) is 10.1. The number of nitrogens with zero attached hydrogens (tertiary/aromatic N) is 4. The fourth-order valence-electron chi connectivity index (χ4n) is 4.98. The normalized spacial score (nSPS) is 29.7. The summed E-state index contributed by atoms with van der Waals surface area (Å²) in [5.41, 5.74) is 6.64. The fraction of sp³-hybridized carbons (Fsp3) is 0.600. The lowest BCUT2D eigenvalue weighted by Crippen LogP contribution is -2.48. The Morgan fingerprint density at radius 1 is 1.07 bits per heavy atom. The van der Waals surface area contributed by atoms with Gasteiger partial charge in [-0.25, -0.2) is 4.98 Å². The number of pyridine rings is 1. The van der Waals surface area contributed by atoms with E-state index in [9.17, 15) is 13.2 Å². The van der Waals surface area contributed by atoms with E-state index in [4.69, 9.17) is 15.6 Å². The van der Waals surface area contributed by atoms with Gasteiger partial charge in [0, 0.05) is 36.5 Å². The summed E-state index contributed by atoms with van der Waals surface area (Å²) in [6, 6.07) is 3.98. The number of alkyl halides is 3. The van der Waals surface area contributed by atoms with Crippen LogP contribution in [-0.4, -0.2) is 52.0 Å². The van der Waals surface area contributed by atoms with Crippen molar-refractivity contribution < 1.29 is 17.9 Å². The maximum Gasteiger partial charge on any atom is 0.419 e. The molecule has 2 aliphatic carbocycles. The van der Waals surface area contributed by atoms with Gasteiger partial charge < -0.3 is 10.5 Å². The van der Waals surface area contributed by atoms with Crippen LogP contribution in [0.15, 0.2) is 18.3 Å². The highest BCUT2D eigenvalue weighted by molar-refractivity contribution is 5.63. The Morgan fingerprint density at radius 3 is 2.38 bits per heavy atom. The van der Waals surface area contributed by atoms with Crippen molar-refractivity contribution >= 4 is 5.82 Å². The summed E-state index contributed by atoms with van der Waals surface area (Å²) in [5, 5.41) is 4.70. The van der Waals surface area contributed by atoms with E-state index in [1.807, 2.05) is 6.07 Å². The second-order valence-electron chi connectivity index (χ2n) is 8.78. The molecule has 4 fully saturated rings. The molecule has 2 atom stereocenters. The number of rotatable bonds is 4. The predicted molar refractivity (Wildman–Crippen MR) is 99.0 cm³/mol. The third-order valence-corrected chi connectivity index (χ3v) is 6.88. The van der Waals surface area contributed by atoms with Crippen LogP contribution in [0.1, 0.15) is 36.1 Å². The van der Waals surface area contributed by atoms with Gasteiger partial charge in [-0.3, -0.25) is 9.58 Å². The van der Waals surface area contributed by atoms with Gasteiger partial charge in [0.25, 0.3) is 0 Å². The van der Waals surface area contributed by atoms with Gasteiger partial charge in [0.15, 0.2) is 0 Å². The number of aromatic nitrogens is 3. The Kier molecular flexibility index (Phi) is 3.63. The molecule has 0 radical (unpaired) electrons. The van der Waals surface area contributed by atoms with Crippen LogP contribution in [0.4, 0.5) is 19.0 Å². The molecule has 2 N–H and O–H groups in total. The Morgan fingerprint density at radius 2 is 1.79 bits per heavy atom. The van der Waals surface area contributed by atoms with Gasteiger partial charge in [-0.2, -0.15) is 18.3 Å². The molecule has 0 bridgehead atoms. The molecule has 2 saturated carbocycles. The number of hydrogen-bond donors (Lipinski definition) is 1. The van der Waals surface area contributed by atoms with Gasteiger partial charge >= 0.3 is 6.18 Å². The standard InChI is InChI=1S/C20H22F3N5O/c21-20(22,23)15-3-10(5-25-19(15)24)16-4-17(28(26-16)11-1-2-11)18-13-6-27(7-14(13)18)12-8-29-9-12/h3-5,11-14,18H,1-2,6-9H2,(H2,24,25). The van der Waals surface area contributed by atoms with Gasteiger partial charge in [-0.1, -0.05) is 0 Å². The zero-order chi connectivity index (χ0) is 19.9. The molecule has 2 saturated heterocycles. The van der Waals surface area contributed by atoms with Crippen molar-refractivity contribution in [2.45, 2.75) is 37.0 Å². The molecule has 4 heterocycles. The number of fused-ring (bicyclic) bond motifs is 1. The molecule has 2 aromatic heterocycles. The lowest BCUT2D eigenvalue weighted by Gasteiger charge is -2.35. The summed E-state index contributed by atoms with van der Waals surface area (Å²) in [6.07, 6.45) is -0.984. The first kappa shape index (κ1) is 17.7. The number of likely N-dealkylation sites (tertiary alicyclic amines) is 1. The molecule has 2 aromatic rings. The summed E-state index contributed by atoms with van der Waals surface area (Å²) in [6.45, 7) is 3.83. The first-order valence-electron chi connectivity index (χ1n) is 10.1. The minimum Gasteiger partial charge on any atom is -0.383 e. The zero-order valence-corrected chi connectivity index (χ0v) is 15.8. The Balaban J connectivity index is 1.29. The summed E-state index contributed by atoms with van der Waals surface area (Å²) >= 11 is 0. The number of anilines is 1. The highest BCUT2D eigenvalue weighted by Crippen LogP contribution is 2.60. The topological polar surface area (TPSA) is 69.2 Å². The summed E-state index contributed by atoms with van der Waals surface area (Å²) in [5.74, 6) is 1.19. The quantitative estimate of drug-likeness (QED) is 0.847. The predicted octanol–water partition coefficient (Wildman–Crippen LogP) is 2.93. The summed E-state index contributed by atoms with van der Waals surface area (Å²) < 4.78 is 47.1. The summed E-state index contributed by atoms with van der Waals surface area (Å²) in [7, 11) is 0. The molecule has 9 heteroatoms. The number of piperidine rings is 1. The van der Waals surface area contributed by atoms with Gasteiger partial charge in [-0.05, 0) is 36.8 Å². The van der Waals surface area contributed by atoms with E-state index in [1.54, 1.807) is 0 Å². The van der Waals surface area contributed by atoms with Crippen LogP contribution in [-0.2, 0) is 10.9 Å². The number of nitrogen functional groups attached to an aromatic ring is 1. The van der Waals surface area contributed by atoms with Crippen LogP contribution in [0, 0.1) is 11.8 Å². The molecule has 0 spiro atoms. The minimum atomic E-state index is -4.53. The molecule has 29 heavy (non-hydrogen) atoms. The third kappa shape index (κ3) is 2.85. The van der Waals surface area contributed by atoms with Gasteiger partial charge in [0.2, 0.25) is 0 Å². The lowest BCUT2D eigenvalue weighted by molar-refractivity contribution is -0.137. The number of ether oxygens (including phenoxy) is 1. The Hall–Kier alpha value is -2.13. The first-order chi connectivity index (χ1) is 13.9. The van der Waals surface area contributed by atoms with Crippen LogP contribution in [0.25, 0.3) is 11.3 Å². The van der Waals surface area contributed by atoms with Crippen molar-refractivity contribution in [3.63, 3.8) is 0 Å². The smallest absolute Gasteiger partial charge is 0.383 e. The van der Waals surface area contributed by atoms with E-state index < -0.39 is 17.6 Å². The van der Waals surface area contributed by atoms with Crippen LogP contribution < -0.4 is 5.73 Å². The molecule has 2 aliphatic heterocycles. The van der Waals surface area contributed by atoms with Crippen molar-refractivity contribution in [3.05, 3.63) is 29.6 Å². The molecule has 2 unspecified atom stereocenters. The highest BCUT2D eigenvalue weighted by atomic mass is 19.4. The number of hydrogen-bond acceptors (Lipinski definition) is 5. The van der Waals surface area contributed by atoms with Crippen molar-refractivity contribution in [1.29, 1.82) is 0 Å². The van der Waals surface area contributed by atoms with Crippen LogP contribution in [0.3, 0.4) is 0 Å². The molecule has 0 aromatic carbocycles. The molecular formula is C20H22F3N5O. The van der Waals surface area contributed by atoms with Crippen LogP contribution >= 0.6 is 0 Å². The van der Waals surface area contributed by atoms with Crippen LogP contribution in [0.2, 0.25) is 0 Å². The molecule has 6 rings (SSSR count). The van der Waals surface area contributed by atoms with Gasteiger partial charge in [-0.15, -0.1) is 0 Å². The molecule has 4 aliphatic rings. The molecule has 6 nitrogen and oxygen atoms in total. The fourth-order valence-corrected chi connectivity index (χ4v) is 4.98. The van der Waals surface area contributed by atoms with Crippen molar-refractivity contribution in [1.82, 2.24) is 19.7 Å². The maximum atomic E-state index is 13.2. The highest BCUT2D eigenvalue weighted by Gasteiger charge is 2.59. The minimum absolute atomic E-state index is 0.367. The lowest BCUT2D eigenvalue weighted by atomic mass is 10.1. The molecule has 154 valence electrons. The zero-order valence-electron chi connectivity index (χ0n) is 15.8. The summed E-state index contributed by atoms with van der Waals surface area (Å²) in [4.78, 5) is 6.30. The third-order valence-electron chi connectivity index (χ3n) is 6.88. The van der Waals surface area contributed by atoms with Crippen molar-refractivity contribution in [2.75, 3.05) is 32.0 Å². The Labute approximate surface area is 165 Å². The second kappa shape index (κ2) is 5.95. The van der Waals surface area contributed by atoms with E-state index >= 15 is 0 Å². The Bertz CT molecular complexity index is 954. The average molecular weight is 405 g/mol. The molecule has 0 amide bonds. The second-order valence-corrected chi connectivity index (χ2v) is 8.78. The van der Waals surface area contributed by atoms with E-state index in [-0.39, 0.29) is 0 Å². The molecular weight excluding hydrogens is 383 g/mol. The van der Waals surface area contributed by atoms with Gasteiger partial charge in [0.1, 0.15) is 5.82 Å². The van der Waals surface area contributed by atoms with Gasteiger partial charge in [0.05, 0.1) is 36.6 Å². The largest absolute Gasteiger partial charge is 0.419 e. The van der Waals surface area contributed by atoms with Crippen molar-refractivity contribution in [2.24, 2.45) is 11.8 Å². The SMILES string of the molecule is Nc1ncc(-c2cc(C3C4CN(C5COC5)CC43)n(C3CC3)n2)cc1C(F)(F)F. The number of nitrogens with two attached hydrogens (primary N) is 1. The number of halogens is 3. The maximum absolute atomic E-state index is 13.2. The van der Waals surface area contributed by atoms with E-state index in [2.05, 4.69) is 14.6 Å². The monoisotopic (exact) mass is 405 g/mol. The van der Waals surface area contributed by atoms with E-state index in [1.165, 1.54) is 11.9 Å². The van der Waals surface area contributed by atoms with E-state index in [0.717, 1.165) is 45.2 Å².